The third-order valence-electron chi connectivity index (χ3n) is 6.83. The second kappa shape index (κ2) is 10.7. The lowest BCUT2D eigenvalue weighted by molar-refractivity contribution is -0.119. The SMILES string of the molecule is CCCCC1(CC)CS(=O)(=O)c2ccc(N(C)C)cc2C(C(CCBr)CC(N)=O)C1O. The number of carbonyl (C=O) groups is 1. The number of amides is 1. The number of unbranched alkanes of at least 4 members (excludes halogenated alkanes) is 1. The molecule has 0 fully saturated rings. The van der Waals surface area contributed by atoms with Gasteiger partial charge < -0.3 is 15.7 Å². The molecule has 176 valence electrons. The van der Waals surface area contributed by atoms with Gasteiger partial charge in [0, 0.05) is 42.9 Å². The van der Waals surface area contributed by atoms with Crippen molar-refractivity contribution in [1.29, 1.82) is 0 Å². The van der Waals surface area contributed by atoms with Gasteiger partial charge in [0.15, 0.2) is 9.84 Å². The molecule has 4 unspecified atom stereocenters. The fraction of sp³-hybridized carbons (Fsp3) is 0.696. The van der Waals surface area contributed by atoms with Crippen LogP contribution in [0.3, 0.4) is 0 Å². The molecule has 0 aromatic heterocycles. The molecule has 6 nitrogen and oxygen atoms in total. The molecule has 0 saturated heterocycles. The number of nitrogens with zero attached hydrogens (tertiary/aromatic N) is 1. The van der Waals surface area contributed by atoms with Crippen molar-refractivity contribution in [2.24, 2.45) is 17.1 Å². The van der Waals surface area contributed by atoms with Crippen LogP contribution in [0.15, 0.2) is 23.1 Å². The Morgan fingerprint density at radius 2 is 2.03 bits per heavy atom. The van der Waals surface area contributed by atoms with Gasteiger partial charge in [0.05, 0.1) is 16.8 Å². The highest BCUT2D eigenvalue weighted by molar-refractivity contribution is 9.09. The van der Waals surface area contributed by atoms with Crippen LogP contribution in [0, 0.1) is 11.3 Å². The number of alkyl halides is 1. The fourth-order valence-corrected chi connectivity index (χ4v) is 7.86. The summed E-state index contributed by atoms with van der Waals surface area (Å²) in [6.07, 6.45) is 2.77. The number of hydrogen-bond acceptors (Lipinski definition) is 5. The summed E-state index contributed by atoms with van der Waals surface area (Å²) in [7, 11) is 0.176. The molecule has 1 aliphatic rings. The van der Waals surface area contributed by atoms with Crippen molar-refractivity contribution >= 4 is 37.4 Å². The van der Waals surface area contributed by atoms with Crippen LogP contribution in [0.1, 0.15) is 63.9 Å². The number of hydrogen-bond donors (Lipinski definition) is 2. The Bertz CT molecular complexity index is 874. The van der Waals surface area contributed by atoms with Gasteiger partial charge in [0.1, 0.15) is 0 Å². The van der Waals surface area contributed by atoms with Crippen molar-refractivity contribution in [2.75, 3.05) is 30.1 Å². The molecule has 31 heavy (non-hydrogen) atoms. The molecule has 4 atom stereocenters. The molecule has 0 spiro atoms. The summed E-state index contributed by atoms with van der Waals surface area (Å²) in [6, 6.07) is 5.34. The van der Waals surface area contributed by atoms with E-state index in [1.54, 1.807) is 12.1 Å². The highest BCUT2D eigenvalue weighted by atomic mass is 79.9. The van der Waals surface area contributed by atoms with Crippen LogP contribution in [0.4, 0.5) is 5.69 Å². The van der Waals surface area contributed by atoms with Crippen LogP contribution < -0.4 is 10.6 Å². The number of sulfone groups is 1. The van der Waals surface area contributed by atoms with Crippen molar-refractivity contribution in [3.05, 3.63) is 23.8 Å². The summed E-state index contributed by atoms with van der Waals surface area (Å²) >= 11 is 3.47. The summed E-state index contributed by atoms with van der Waals surface area (Å²) in [6.45, 7) is 4.03. The van der Waals surface area contributed by atoms with Crippen LogP contribution in [-0.4, -0.2) is 50.7 Å². The van der Waals surface area contributed by atoms with E-state index >= 15 is 0 Å². The summed E-state index contributed by atoms with van der Waals surface area (Å²) in [4.78, 5) is 14.1. The zero-order chi connectivity index (χ0) is 23.4. The summed E-state index contributed by atoms with van der Waals surface area (Å²) in [5.41, 5.74) is 6.29. The second-order valence-electron chi connectivity index (χ2n) is 9.07. The van der Waals surface area contributed by atoms with E-state index in [1.165, 1.54) is 0 Å². The number of halogens is 1. The maximum atomic E-state index is 13.6. The molecule has 0 bridgehead atoms. The third kappa shape index (κ3) is 5.63. The average molecular weight is 518 g/mol. The summed E-state index contributed by atoms with van der Waals surface area (Å²) in [5.74, 6) is -1.27. The van der Waals surface area contributed by atoms with E-state index in [4.69, 9.17) is 5.73 Å². The van der Waals surface area contributed by atoms with Crippen molar-refractivity contribution in [3.8, 4) is 0 Å². The lowest BCUT2D eigenvalue weighted by Gasteiger charge is -2.42. The van der Waals surface area contributed by atoms with E-state index in [1.807, 2.05) is 32.0 Å². The Labute approximate surface area is 195 Å². The van der Waals surface area contributed by atoms with Crippen molar-refractivity contribution < 1.29 is 18.3 Å². The molecule has 1 heterocycles. The van der Waals surface area contributed by atoms with E-state index in [-0.39, 0.29) is 23.0 Å². The molecular formula is C23H37BrN2O4S. The quantitative estimate of drug-likeness (QED) is 0.460. The van der Waals surface area contributed by atoms with Gasteiger partial charge in [-0.2, -0.15) is 0 Å². The Kier molecular flexibility index (Phi) is 8.99. The normalized spacial score (nSPS) is 26.0. The van der Waals surface area contributed by atoms with E-state index in [9.17, 15) is 18.3 Å². The van der Waals surface area contributed by atoms with Gasteiger partial charge in [-0.15, -0.1) is 0 Å². The van der Waals surface area contributed by atoms with E-state index in [0.717, 1.165) is 18.5 Å². The van der Waals surface area contributed by atoms with Gasteiger partial charge in [-0.05, 0) is 48.9 Å². The van der Waals surface area contributed by atoms with Gasteiger partial charge >= 0.3 is 0 Å². The van der Waals surface area contributed by atoms with E-state index < -0.39 is 33.2 Å². The van der Waals surface area contributed by atoms with Gasteiger partial charge in [-0.1, -0.05) is 42.6 Å². The standard InChI is InChI=1S/C23H37BrN2O4S/c1-5-7-11-23(6-2)15-31(29,30)19-9-8-17(26(3)4)14-18(19)21(22(23)28)16(10-12-24)13-20(25)27/h8-9,14,16,21-22,28H,5-7,10-13,15H2,1-4H3,(H2,25,27). The number of aliphatic hydroxyl groups is 1. The minimum absolute atomic E-state index is 0.0833. The van der Waals surface area contributed by atoms with Crippen LogP contribution in [0.5, 0.6) is 0 Å². The first kappa shape index (κ1) is 26.1. The van der Waals surface area contributed by atoms with Gasteiger partial charge in [0.2, 0.25) is 5.91 Å². The van der Waals surface area contributed by atoms with Crippen LogP contribution in [0.25, 0.3) is 0 Å². The largest absolute Gasteiger partial charge is 0.392 e. The predicted molar refractivity (Wildman–Crippen MR) is 130 cm³/mol. The van der Waals surface area contributed by atoms with E-state index in [2.05, 4.69) is 22.9 Å². The van der Waals surface area contributed by atoms with E-state index in [0.29, 0.717) is 30.2 Å². The molecule has 2 rings (SSSR count). The number of aliphatic hydroxyl groups excluding tert-OH is 1. The van der Waals surface area contributed by atoms with Crippen molar-refractivity contribution in [3.63, 3.8) is 0 Å². The molecule has 0 radical (unpaired) electrons. The van der Waals surface area contributed by atoms with Crippen molar-refractivity contribution in [1.82, 2.24) is 0 Å². The number of primary amides is 1. The number of carbonyl (C=O) groups excluding carboxylic acids is 1. The number of anilines is 1. The molecule has 8 heteroatoms. The van der Waals surface area contributed by atoms with Crippen LogP contribution in [0.2, 0.25) is 0 Å². The minimum Gasteiger partial charge on any atom is -0.392 e. The Balaban J connectivity index is 2.81. The topological polar surface area (TPSA) is 101 Å². The zero-order valence-electron chi connectivity index (χ0n) is 19.1. The average Bonchev–Trinajstić information content (AvgIpc) is 2.77. The molecule has 0 aliphatic carbocycles. The molecule has 1 aliphatic heterocycles. The number of nitrogens with two attached hydrogens (primary N) is 1. The Hall–Kier alpha value is -1.12. The van der Waals surface area contributed by atoms with Crippen LogP contribution >= 0.6 is 15.9 Å². The zero-order valence-corrected chi connectivity index (χ0v) is 21.5. The summed E-state index contributed by atoms with van der Waals surface area (Å²) < 4.78 is 27.2. The van der Waals surface area contributed by atoms with Crippen molar-refractivity contribution in [2.45, 2.75) is 69.3 Å². The second-order valence-corrected chi connectivity index (χ2v) is 11.8. The Morgan fingerprint density at radius 1 is 1.35 bits per heavy atom. The van der Waals surface area contributed by atoms with Gasteiger partial charge in [-0.3, -0.25) is 4.79 Å². The Morgan fingerprint density at radius 3 is 2.55 bits per heavy atom. The first-order valence-electron chi connectivity index (χ1n) is 11.1. The molecule has 1 amide bonds. The first-order chi connectivity index (χ1) is 14.5. The maximum Gasteiger partial charge on any atom is 0.217 e. The number of benzene rings is 1. The lowest BCUT2D eigenvalue weighted by Crippen LogP contribution is -2.44. The molecule has 1 aromatic carbocycles. The first-order valence-corrected chi connectivity index (χ1v) is 13.9. The molecular weight excluding hydrogens is 480 g/mol. The van der Waals surface area contributed by atoms with Crippen LogP contribution in [-0.2, 0) is 14.6 Å². The van der Waals surface area contributed by atoms with Gasteiger partial charge in [-0.25, -0.2) is 8.42 Å². The molecule has 1 aromatic rings. The molecule has 0 saturated carbocycles. The number of rotatable bonds is 10. The minimum atomic E-state index is -3.62. The highest BCUT2D eigenvalue weighted by Gasteiger charge is 2.50. The summed E-state index contributed by atoms with van der Waals surface area (Å²) in [5, 5.41) is 12.5. The fourth-order valence-electron chi connectivity index (χ4n) is 5.01. The third-order valence-corrected chi connectivity index (χ3v) is 9.29. The lowest BCUT2D eigenvalue weighted by atomic mass is 9.66. The molecule has 3 N–H and O–H groups in total. The number of fused-ring (bicyclic) bond motifs is 1. The predicted octanol–water partition coefficient (Wildman–Crippen LogP) is 3.85. The monoisotopic (exact) mass is 516 g/mol. The highest BCUT2D eigenvalue weighted by Crippen LogP contribution is 2.50. The maximum absolute atomic E-state index is 13.6. The smallest absolute Gasteiger partial charge is 0.217 e. The van der Waals surface area contributed by atoms with Gasteiger partial charge in [0.25, 0.3) is 0 Å².